The number of oxazole rings is 1. The van der Waals surface area contributed by atoms with Gasteiger partial charge in [-0.1, -0.05) is 30.3 Å². The maximum absolute atomic E-state index is 5.60. The molecular weight excluding hydrogens is 212 g/mol. The van der Waals surface area contributed by atoms with Crippen molar-refractivity contribution in [3.05, 3.63) is 54.1 Å². The number of nitrogens with one attached hydrogen (secondary N) is 1. The molecule has 0 amide bonds. The Hall–Kier alpha value is -2.29. The van der Waals surface area contributed by atoms with Crippen LogP contribution < -0.4 is 5.32 Å². The number of anilines is 2. The van der Waals surface area contributed by atoms with Gasteiger partial charge in [-0.2, -0.15) is 4.98 Å². The van der Waals surface area contributed by atoms with Crippen molar-refractivity contribution in [2.45, 2.75) is 6.92 Å². The molecule has 17 heavy (non-hydrogen) atoms. The predicted molar refractivity (Wildman–Crippen MR) is 68.5 cm³/mol. The molecule has 0 spiro atoms. The maximum atomic E-state index is 5.60. The van der Waals surface area contributed by atoms with Gasteiger partial charge >= 0.3 is 0 Å². The van der Waals surface area contributed by atoms with E-state index in [-0.39, 0.29) is 0 Å². The molecule has 0 radical (unpaired) electrons. The molecule has 2 aromatic carbocycles. The highest BCUT2D eigenvalue weighted by Gasteiger charge is 2.05. The molecule has 3 heteroatoms. The molecule has 1 aromatic heterocycles. The Balaban J connectivity index is 1.98. The zero-order valence-electron chi connectivity index (χ0n) is 9.47. The SMILES string of the molecule is Cc1ccccc1Nc1nc2ccccc2o1. The molecule has 0 aliphatic heterocycles. The van der Waals surface area contributed by atoms with Crippen LogP contribution in [0.5, 0.6) is 0 Å². The average molecular weight is 224 g/mol. The van der Waals surface area contributed by atoms with Crippen LogP contribution in [0.4, 0.5) is 11.7 Å². The van der Waals surface area contributed by atoms with Gasteiger partial charge in [0.05, 0.1) is 0 Å². The molecule has 0 bridgehead atoms. The number of aromatic nitrogens is 1. The molecule has 0 aliphatic rings. The van der Waals surface area contributed by atoms with E-state index < -0.39 is 0 Å². The number of hydrogen-bond donors (Lipinski definition) is 1. The number of fused-ring (bicyclic) bond motifs is 1. The minimum absolute atomic E-state index is 0.528. The summed E-state index contributed by atoms with van der Waals surface area (Å²) in [5.41, 5.74) is 3.83. The minimum Gasteiger partial charge on any atom is -0.423 e. The summed E-state index contributed by atoms with van der Waals surface area (Å²) in [6.07, 6.45) is 0. The van der Waals surface area contributed by atoms with Gasteiger partial charge in [0.2, 0.25) is 0 Å². The number of para-hydroxylation sites is 3. The number of nitrogens with zero attached hydrogens (tertiary/aromatic N) is 1. The maximum Gasteiger partial charge on any atom is 0.300 e. The Morgan fingerprint density at radius 2 is 1.76 bits per heavy atom. The highest BCUT2D eigenvalue weighted by molar-refractivity contribution is 5.75. The fraction of sp³-hybridized carbons (Fsp3) is 0.0714. The highest BCUT2D eigenvalue weighted by atomic mass is 16.4. The van der Waals surface area contributed by atoms with Gasteiger partial charge < -0.3 is 9.73 Å². The molecule has 3 aromatic rings. The Kier molecular flexibility index (Phi) is 2.29. The van der Waals surface area contributed by atoms with Gasteiger partial charge in [-0.05, 0) is 30.7 Å². The molecule has 84 valence electrons. The zero-order valence-corrected chi connectivity index (χ0v) is 9.47. The van der Waals surface area contributed by atoms with Crippen molar-refractivity contribution >= 4 is 22.8 Å². The summed E-state index contributed by atoms with van der Waals surface area (Å²) in [7, 11) is 0. The van der Waals surface area contributed by atoms with E-state index in [0.717, 1.165) is 22.4 Å². The van der Waals surface area contributed by atoms with Crippen molar-refractivity contribution in [2.24, 2.45) is 0 Å². The van der Waals surface area contributed by atoms with Crippen molar-refractivity contribution < 1.29 is 4.42 Å². The standard InChI is InChI=1S/C14H12N2O/c1-10-6-2-3-7-11(10)15-14-16-12-8-4-5-9-13(12)17-14/h2-9H,1H3,(H,15,16). The van der Waals surface area contributed by atoms with Crippen molar-refractivity contribution in [3.63, 3.8) is 0 Å². The molecule has 3 rings (SSSR count). The number of hydrogen-bond acceptors (Lipinski definition) is 3. The smallest absolute Gasteiger partial charge is 0.300 e. The van der Waals surface area contributed by atoms with Crippen LogP contribution in [-0.2, 0) is 0 Å². The lowest BCUT2D eigenvalue weighted by Crippen LogP contribution is -1.92. The van der Waals surface area contributed by atoms with E-state index in [1.165, 1.54) is 0 Å². The Bertz CT molecular complexity index is 625. The quantitative estimate of drug-likeness (QED) is 0.717. The van der Waals surface area contributed by atoms with Crippen LogP contribution in [-0.4, -0.2) is 4.98 Å². The molecule has 3 nitrogen and oxygen atoms in total. The Morgan fingerprint density at radius 3 is 2.59 bits per heavy atom. The largest absolute Gasteiger partial charge is 0.423 e. The predicted octanol–water partition coefficient (Wildman–Crippen LogP) is 3.88. The lowest BCUT2D eigenvalue weighted by atomic mass is 10.2. The van der Waals surface area contributed by atoms with Gasteiger partial charge in [-0.15, -0.1) is 0 Å². The van der Waals surface area contributed by atoms with Crippen LogP contribution in [0.15, 0.2) is 52.9 Å². The van der Waals surface area contributed by atoms with E-state index in [4.69, 9.17) is 4.42 Å². The van der Waals surface area contributed by atoms with Gasteiger partial charge in [0.25, 0.3) is 6.01 Å². The summed E-state index contributed by atoms with van der Waals surface area (Å²) in [6, 6.07) is 16.3. The fourth-order valence-electron chi connectivity index (χ4n) is 1.75. The van der Waals surface area contributed by atoms with E-state index in [1.54, 1.807) is 0 Å². The summed E-state index contributed by atoms with van der Waals surface area (Å²) in [4.78, 5) is 4.37. The molecule has 0 saturated heterocycles. The van der Waals surface area contributed by atoms with Crippen molar-refractivity contribution in [1.29, 1.82) is 0 Å². The van der Waals surface area contributed by atoms with E-state index in [2.05, 4.69) is 10.3 Å². The molecular formula is C14H12N2O. The first kappa shape index (κ1) is 9.90. The van der Waals surface area contributed by atoms with Gasteiger partial charge in [0.15, 0.2) is 5.58 Å². The number of aryl methyl sites for hydroxylation is 1. The van der Waals surface area contributed by atoms with E-state index in [9.17, 15) is 0 Å². The summed E-state index contributed by atoms with van der Waals surface area (Å²) in [5, 5.41) is 3.18. The minimum atomic E-state index is 0.528. The van der Waals surface area contributed by atoms with Crippen LogP contribution in [0.25, 0.3) is 11.1 Å². The van der Waals surface area contributed by atoms with E-state index >= 15 is 0 Å². The third-order valence-electron chi connectivity index (χ3n) is 2.68. The number of benzene rings is 2. The van der Waals surface area contributed by atoms with E-state index in [1.807, 2.05) is 55.5 Å². The van der Waals surface area contributed by atoms with Gasteiger partial charge in [-0.3, -0.25) is 0 Å². The molecule has 1 N–H and O–H groups in total. The Labute approximate surface area is 99.1 Å². The van der Waals surface area contributed by atoms with Crippen LogP contribution >= 0.6 is 0 Å². The molecule has 1 heterocycles. The summed E-state index contributed by atoms with van der Waals surface area (Å²) in [5.74, 6) is 0. The van der Waals surface area contributed by atoms with Gasteiger partial charge in [-0.25, -0.2) is 0 Å². The fourth-order valence-corrected chi connectivity index (χ4v) is 1.75. The highest BCUT2D eigenvalue weighted by Crippen LogP contribution is 2.23. The second-order valence-electron chi connectivity index (χ2n) is 3.93. The molecule has 0 fully saturated rings. The molecule has 0 atom stereocenters. The first-order chi connectivity index (χ1) is 8.33. The first-order valence-electron chi connectivity index (χ1n) is 5.51. The monoisotopic (exact) mass is 224 g/mol. The van der Waals surface area contributed by atoms with Crippen LogP contribution in [0, 0.1) is 6.92 Å². The second kappa shape index (κ2) is 3.94. The second-order valence-corrected chi connectivity index (χ2v) is 3.93. The number of rotatable bonds is 2. The summed E-state index contributed by atoms with van der Waals surface area (Å²) in [6.45, 7) is 2.05. The van der Waals surface area contributed by atoms with Crippen LogP contribution in [0.2, 0.25) is 0 Å². The normalized spacial score (nSPS) is 10.6. The summed E-state index contributed by atoms with van der Waals surface area (Å²) >= 11 is 0. The molecule has 0 saturated carbocycles. The van der Waals surface area contributed by atoms with Gasteiger partial charge in [0.1, 0.15) is 5.52 Å². The molecule has 0 unspecified atom stereocenters. The van der Waals surface area contributed by atoms with Crippen LogP contribution in [0.3, 0.4) is 0 Å². The van der Waals surface area contributed by atoms with Gasteiger partial charge in [0, 0.05) is 5.69 Å². The van der Waals surface area contributed by atoms with Crippen LogP contribution in [0.1, 0.15) is 5.56 Å². The summed E-state index contributed by atoms with van der Waals surface area (Å²) < 4.78 is 5.60. The third kappa shape index (κ3) is 1.87. The van der Waals surface area contributed by atoms with E-state index in [0.29, 0.717) is 6.01 Å². The lowest BCUT2D eigenvalue weighted by Gasteiger charge is -2.04. The lowest BCUT2D eigenvalue weighted by molar-refractivity contribution is 0.623. The first-order valence-corrected chi connectivity index (χ1v) is 5.51. The average Bonchev–Trinajstić information content (AvgIpc) is 2.74. The van der Waals surface area contributed by atoms with Crippen molar-refractivity contribution in [1.82, 2.24) is 4.98 Å². The molecule has 0 aliphatic carbocycles. The van der Waals surface area contributed by atoms with Crippen molar-refractivity contribution in [3.8, 4) is 0 Å². The Morgan fingerprint density at radius 1 is 1.00 bits per heavy atom. The zero-order chi connectivity index (χ0) is 11.7. The van der Waals surface area contributed by atoms with Crippen molar-refractivity contribution in [2.75, 3.05) is 5.32 Å². The third-order valence-corrected chi connectivity index (χ3v) is 2.68. The topological polar surface area (TPSA) is 38.1 Å².